The molecule has 0 radical (unpaired) electrons. The van der Waals surface area contributed by atoms with E-state index in [1.165, 1.54) is 6.07 Å². The minimum absolute atomic E-state index is 0.434. The summed E-state index contributed by atoms with van der Waals surface area (Å²) in [6.07, 6.45) is -2.44. The fraction of sp³-hybridized carbons (Fsp3) is 0.300. The third-order valence-electron chi connectivity index (χ3n) is 2.08. The van der Waals surface area contributed by atoms with Crippen LogP contribution in [0.1, 0.15) is 11.7 Å². The molecule has 0 heterocycles. The fourth-order valence-corrected chi connectivity index (χ4v) is 1.50. The molecule has 0 spiro atoms. The van der Waals surface area contributed by atoms with Crippen molar-refractivity contribution in [1.29, 1.82) is 0 Å². The van der Waals surface area contributed by atoms with E-state index in [1.807, 2.05) is 5.32 Å². The quantitative estimate of drug-likeness (QED) is 0.637. The summed E-state index contributed by atoms with van der Waals surface area (Å²) in [5.41, 5.74) is 0.445. The second-order valence-electron chi connectivity index (χ2n) is 3.24. The molecule has 0 fully saturated rings. The molecular formula is C10H12ClNO4. The maximum Gasteiger partial charge on any atom is 0.405 e. The molecule has 0 aliphatic carbocycles. The molecule has 0 aliphatic rings. The Bertz CT molecular complexity index is 372. The van der Waals surface area contributed by atoms with Gasteiger partial charge >= 0.3 is 6.09 Å². The third-order valence-corrected chi connectivity index (χ3v) is 2.31. The Labute approximate surface area is 97.3 Å². The lowest BCUT2D eigenvalue weighted by atomic mass is 10.0. The minimum Gasteiger partial charge on any atom is -0.465 e. The molecule has 1 rings (SSSR count). The standard InChI is InChI=1S/C10H12ClNO4/c11-7-3-1-2-6(4-7)9(14)8(5-13)12-10(15)16/h1-4,8-9,12-14H,5H2,(H,15,16). The van der Waals surface area contributed by atoms with Crippen LogP contribution in [0.15, 0.2) is 24.3 Å². The van der Waals surface area contributed by atoms with E-state index in [2.05, 4.69) is 0 Å². The minimum atomic E-state index is -1.31. The van der Waals surface area contributed by atoms with Crippen LogP contribution in [0.5, 0.6) is 0 Å². The van der Waals surface area contributed by atoms with Gasteiger partial charge in [-0.2, -0.15) is 0 Å². The zero-order chi connectivity index (χ0) is 12.1. The molecule has 6 heteroatoms. The van der Waals surface area contributed by atoms with Gasteiger partial charge in [0.25, 0.3) is 0 Å². The van der Waals surface area contributed by atoms with E-state index in [1.54, 1.807) is 18.2 Å². The van der Waals surface area contributed by atoms with Crippen LogP contribution in [0, 0.1) is 0 Å². The van der Waals surface area contributed by atoms with Crippen molar-refractivity contribution in [3.63, 3.8) is 0 Å². The highest BCUT2D eigenvalue weighted by atomic mass is 35.5. The second kappa shape index (κ2) is 5.69. The van der Waals surface area contributed by atoms with Gasteiger partial charge in [-0.25, -0.2) is 4.79 Å². The van der Waals surface area contributed by atoms with Crippen molar-refractivity contribution in [3.8, 4) is 0 Å². The van der Waals surface area contributed by atoms with Crippen molar-refractivity contribution in [2.24, 2.45) is 0 Å². The first-order valence-electron chi connectivity index (χ1n) is 4.58. The molecule has 0 bridgehead atoms. The van der Waals surface area contributed by atoms with Crippen molar-refractivity contribution in [2.75, 3.05) is 6.61 Å². The first-order chi connectivity index (χ1) is 7.54. The number of benzene rings is 1. The maximum atomic E-state index is 10.4. The highest BCUT2D eigenvalue weighted by Gasteiger charge is 2.21. The number of aliphatic hydroxyl groups excluding tert-OH is 2. The van der Waals surface area contributed by atoms with E-state index in [9.17, 15) is 9.90 Å². The summed E-state index contributed by atoms with van der Waals surface area (Å²) in [6, 6.07) is 5.41. The third kappa shape index (κ3) is 3.37. The first-order valence-corrected chi connectivity index (χ1v) is 4.96. The predicted molar refractivity (Wildman–Crippen MR) is 58.4 cm³/mol. The molecule has 1 aromatic carbocycles. The molecule has 4 N–H and O–H groups in total. The number of carbonyl (C=O) groups is 1. The van der Waals surface area contributed by atoms with Gasteiger partial charge in [-0.1, -0.05) is 23.7 Å². The summed E-state index contributed by atoms with van der Waals surface area (Å²) >= 11 is 5.73. The average Bonchev–Trinajstić information content (AvgIpc) is 2.24. The number of rotatable bonds is 4. The van der Waals surface area contributed by atoms with Gasteiger partial charge in [0.2, 0.25) is 0 Å². The molecule has 0 aliphatic heterocycles. The first kappa shape index (κ1) is 12.8. The molecule has 0 aromatic heterocycles. The largest absolute Gasteiger partial charge is 0.465 e. The monoisotopic (exact) mass is 245 g/mol. The van der Waals surface area contributed by atoms with Gasteiger partial charge in [-0.3, -0.25) is 0 Å². The molecule has 0 saturated heterocycles. The zero-order valence-corrected chi connectivity index (χ0v) is 9.05. The lowest BCUT2D eigenvalue weighted by molar-refractivity contribution is 0.0868. The summed E-state index contributed by atoms with van der Waals surface area (Å²) in [4.78, 5) is 10.4. The fourth-order valence-electron chi connectivity index (χ4n) is 1.31. The van der Waals surface area contributed by atoms with Crippen LogP contribution in [0.4, 0.5) is 4.79 Å². The maximum absolute atomic E-state index is 10.4. The van der Waals surface area contributed by atoms with E-state index in [-0.39, 0.29) is 0 Å². The second-order valence-corrected chi connectivity index (χ2v) is 3.67. The molecule has 88 valence electrons. The summed E-state index contributed by atoms with van der Waals surface area (Å²) in [5.74, 6) is 0. The number of halogens is 1. The van der Waals surface area contributed by atoms with Crippen molar-refractivity contribution in [2.45, 2.75) is 12.1 Å². The Morgan fingerprint density at radius 2 is 2.19 bits per heavy atom. The van der Waals surface area contributed by atoms with Crippen LogP contribution < -0.4 is 5.32 Å². The van der Waals surface area contributed by atoms with Gasteiger partial charge in [-0.05, 0) is 17.7 Å². The van der Waals surface area contributed by atoms with E-state index in [4.69, 9.17) is 21.8 Å². The summed E-state index contributed by atoms with van der Waals surface area (Å²) in [7, 11) is 0. The molecule has 2 atom stereocenters. The normalized spacial score (nSPS) is 14.2. The van der Waals surface area contributed by atoms with E-state index < -0.39 is 24.8 Å². The zero-order valence-electron chi connectivity index (χ0n) is 8.30. The number of hydrogen-bond donors (Lipinski definition) is 4. The van der Waals surface area contributed by atoms with Crippen LogP contribution in [-0.4, -0.2) is 34.1 Å². The van der Waals surface area contributed by atoms with E-state index in [0.717, 1.165) is 0 Å². The van der Waals surface area contributed by atoms with Gasteiger partial charge < -0.3 is 20.6 Å². The molecular weight excluding hydrogens is 234 g/mol. The summed E-state index contributed by atoms with van der Waals surface area (Å²) < 4.78 is 0. The smallest absolute Gasteiger partial charge is 0.405 e. The SMILES string of the molecule is O=C(O)NC(CO)C(O)c1cccc(Cl)c1. The van der Waals surface area contributed by atoms with Gasteiger partial charge in [-0.15, -0.1) is 0 Å². The lowest BCUT2D eigenvalue weighted by Crippen LogP contribution is -2.41. The highest BCUT2D eigenvalue weighted by Crippen LogP contribution is 2.20. The number of nitrogens with one attached hydrogen (secondary N) is 1. The van der Waals surface area contributed by atoms with Crippen LogP contribution in [0.25, 0.3) is 0 Å². The molecule has 16 heavy (non-hydrogen) atoms. The number of hydrogen-bond acceptors (Lipinski definition) is 3. The molecule has 1 aromatic rings. The van der Waals surface area contributed by atoms with Crippen LogP contribution >= 0.6 is 11.6 Å². The molecule has 0 saturated carbocycles. The summed E-state index contributed by atoms with van der Waals surface area (Å²) in [6.45, 7) is -0.500. The Morgan fingerprint density at radius 3 is 2.69 bits per heavy atom. The average molecular weight is 246 g/mol. The van der Waals surface area contributed by atoms with Gasteiger partial charge in [0.15, 0.2) is 0 Å². The van der Waals surface area contributed by atoms with Gasteiger partial charge in [0, 0.05) is 5.02 Å². The van der Waals surface area contributed by atoms with E-state index in [0.29, 0.717) is 10.6 Å². The van der Waals surface area contributed by atoms with Crippen LogP contribution in [0.2, 0.25) is 5.02 Å². The number of carboxylic acid groups (broad SMARTS) is 1. The van der Waals surface area contributed by atoms with Gasteiger partial charge in [0.1, 0.15) is 6.10 Å². The van der Waals surface area contributed by atoms with Crippen LogP contribution in [0.3, 0.4) is 0 Å². The Kier molecular flexibility index (Phi) is 4.54. The van der Waals surface area contributed by atoms with Crippen molar-refractivity contribution < 1.29 is 20.1 Å². The van der Waals surface area contributed by atoms with Crippen LogP contribution in [-0.2, 0) is 0 Å². The van der Waals surface area contributed by atoms with E-state index >= 15 is 0 Å². The van der Waals surface area contributed by atoms with Crippen molar-refractivity contribution in [1.82, 2.24) is 5.32 Å². The highest BCUT2D eigenvalue weighted by molar-refractivity contribution is 6.30. The molecule has 2 unspecified atom stereocenters. The predicted octanol–water partition coefficient (Wildman–Crippen LogP) is 1.00. The Morgan fingerprint density at radius 1 is 1.50 bits per heavy atom. The molecule has 5 nitrogen and oxygen atoms in total. The Balaban J connectivity index is 2.82. The topological polar surface area (TPSA) is 89.8 Å². The summed E-state index contributed by atoms with van der Waals surface area (Å²) in [5, 5.41) is 29.7. The van der Waals surface area contributed by atoms with Crippen molar-refractivity contribution in [3.05, 3.63) is 34.9 Å². The van der Waals surface area contributed by atoms with Crippen molar-refractivity contribution >= 4 is 17.7 Å². The molecule has 1 amide bonds. The number of aliphatic hydroxyl groups is 2. The number of amides is 1. The lowest BCUT2D eigenvalue weighted by Gasteiger charge is -2.21. The Hall–Kier alpha value is -1.30. The van der Waals surface area contributed by atoms with Gasteiger partial charge in [0.05, 0.1) is 12.6 Å².